The fraction of sp³-hybridized carbons (Fsp3) is 0.947. The Morgan fingerprint density at radius 2 is 1.14 bits per heavy atom. The lowest BCUT2D eigenvalue weighted by Crippen LogP contribution is -2.14. The smallest absolute Gasteiger partial charge is 0.309 e. The molecule has 0 bridgehead atoms. The molecule has 2 heteroatoms. The zero-order valence-corrected chi connectivity index (χ0v) is 14.2. The molecule has 1 aliphatic carbocycles. The van der Waals surface area contributed by atoms with Crippen LogP contribution in [0, 0.1) is 5.41 Å². The van der Waals surface area contributed by atoms with Gasteiger partial charge in [-0.3, -0.25) is 4.79 Å². The number of hydrogen-bond donors (Lipinski definition) is 1. The Labute approximate surface area is 131 Å². The van der Waals surface area contributed by atoms with Crippen LogP contribution in [0.25, 0.3) is 0 Å². The second-order valence-corrected chi connectivity index (χ2v) is 7.08. The molecule has 1 N–H and O–H groups in total. The van der Waals surface area contributed by atoms with Crippen molar-refractivity contribution >= 4 is 5.97 Å². The van der Waals surface area contributed by atoms with E-state index in [0.717, 1.165) is 25.7 Å². The minimum absolute atomic E-state index is 0.294. The van der Waals surface area contributed by atoms with Gasteiger partial charge in [0.15, 0.2) is 0 Å². The van der Waals surface area contributed by atoms with Gasteiger partial charge in [-0.2, -0.15) is 0 Å². The van der Waals surface area contributed by atoms with E-state index in [1.165, 1.54) is 77.0 Å². The highest BCUT2D eigenvalue weighted by molar-refractivity contribution is 5.77. The number of carbonyl (C=O) groups is 1. The van der Waals surface area contributed by atoms with E-state index in [1.54, 1.807) is 0 Å². The van der Waals surface area contributed by atoms with E-state index in [0.29, 0.717) is 0 Å². The highest BCUT2D eigenvalue weighted by atomic mass is 16.4. The molecule has 124 valence electrons. The zero-order chi connectivity index (χ0) is 15.4. The van der Waals surface area contributed by atoms with E-state index in [4.69, 9.17) is 5.11 Å². The van der Waals surface area contributed by atoms with Crippen molar-refractivity contribution in [1.29, 1.82) is 0 Å². The molecule has 0 unspecified atom stereocenters. The van der Waals surface area contributed by atoms with Crippen LogP contribution in [0.5, 0.6) is 0 Å². The summed E-state index contributed by atoms with van der Waals surface area (Å²) >= 11 is 0. The Bertz CT molecular complexity index is 269. The minimum Gasteiger partial charge on any atom is -0.481 e. The fourth-order valence-electron chi connectivity index (χ4n) is 3.20. The molecule has 0 aromatic heterocycles. The molecule has 0 heterocycles. The van der Waals surface area contributed by atoms with E-state index >= 15 is 0 Å². The lowest BCUT2D eigenvalue weighted by Gasteiger charge is -2.08. The predicted octanol–water partition coefficient (Wildman–Crippen LogP) is 6.33. The first-order chi connectivity index (χ1) is 10.2. The molecule has 0 aromatic carbocycles. The third-order valence-corrected chi connectivity index (χ3v) is 5.07. The van der Waals surface area contributed by atoms with Crippen LogP contribution >= 0.6 is 0 Å². The van der Waals surface area contributed by atoms with E-state index in [2.05, 4.69) is 6.92 Å². The van der Waals surface area contributed by atoms with Crippen LogP contribution in [0.1, 0.15) is 110 Å². The number of aliphatic carboxylic acids is 1. The lowest BCUT2D eigenvalue weighted by molar-refractivity contribution is -0.143. The molecule has 1 aliphatic rings. The molecule has 0 amide bonds. The highest BCUT2D eigenvalue weighted by Gasteiger charge is 2.49. The van der Waals surface area contributed by atoms with Gasteiger partial charge in [0.2, 0.25) is 0 Å². The van der Waals surface area contributed by atoms with Crippen molar-refractivity contribution in [3.8, 4) is 0 Å². The molecule has 0 spiro atoms. The molecule has 21 heavy (non-hydrogen) atoms. The van der Waals surface area contributed by atoms with E-state index in [9.17, 15) is 4.79 Å². The van der Waals surface area contributed by atoms with Gasteiger partial charge in [-0.15, -0.1) is 0 Å². The minimum atomic E-state index is -0.554. The van der Waals surface area contributed by atoms with Crippen LogP contribution < -0.4 is 0 Å². The van der Waals surface area contributed by atoms with Crippen molar-refractivity contribution in [2.24, 2.45) is 5.41 Å². The summed E-state index contributed by atoms with van der Waals surface area (Å²) < 4.78 is 0. The van der Waals surface area contributed by atoms with Gasteiger partial charge >= 0.3 is 5.97 Å². The maximum Gasteiger partial charge on any atom is 0.309 e. The molecule has 2 nitrogen and oxygen atoms in total. The van der Waals surface area contributed by atoms with Crippen molar-refractivity contribution < 1.29 is 9.90 Å². The summed E-state index contributed by atoms with van der Waals surface area (Å²) in [6.45, 7) is 2.27. The maximum absolute atomic E-state index is 11.0. The van der Waals surface area contributed by atoms with Crippen LogP contribution in [0.3, 0.4) is 0 Å². The second kappa shape index (κ2) is 11.1. The van der Waals surface area contributed by atoms with Crippen LogP contribution in [-0.4, -0.2) is 11.1 Å². The van der Waals surface area contributed by atoms with Gasteiger partial charge in [0, 0.05) is 0 Å². The van der Waals surface area contributed by atoms with E-state index in [-0.39, 0.29) is 5.41 Å². The molecule has 1 saturated carbocycles. The molecule has 0 radical (unpaired) electrons. The average molecular weight is 296 g/mol. The molecular formula is C19H36O2. The van der Waals surface area contributed by atoms with E-state index in [1.807, 2.05) is 0 Å². The average Bonchev–Trinajstić information content (AvgIpc) is 3.25. The van der Waals surface area contributed by atoms with Gasteiger partial charge < -0.3 is 5.11 Å². The first kappa shape index (κ1) is 18.5. The summed E-state index contributed by atoms with van der Waals surface area (Å²) in [7, 11) is 0. The van der Waals surface area contributed by atoms with Gasteiger partial charge in [-0.05, 0) is 19.3 Å². The number of rotatable bonds is 15. The Morgan fingerprint density at radius 1 is 0.762 bits per heavy atom. The fourth-order valence-corrected chi connectivity index (χ4v) is 3.20. The van der Waals surface area contributed by atoms with Crippen molar-refractivity contribution in [3.05, 3.63) is 0 Å². The first-order valence-corrected chi connectivity index (χ1v) is 9.45. The van der Waals surface area contributed by atoms with Gasteiger partial charge in [0.1, 0.15) is 0 Å². The Kier molecular flexibility index (Phi) is 9.78. The summed E-state index contributed by atoms with van der Waals surface area (Å²) in [4.78, 5) is 11.0. The molecular weight excluding hydrogens is 260 g/mol. The summed E-state index contributed by atoms with van der Waals surface area (Å²) in [6, 6.07) is 0. The lowest BCUT2D eigenvalue weighted by atomic mass is 9.97. The Morgan fingerprint density at radius 3 is 1.48 bits per heavy atom. The summed E-state index contributed by atoms with van der Waals surface area (Å²) in [6.07, 6.45) is 20.4. The quantitative estimate of drug-likeness (QED) is 0.358. The SMILES string of the molecule is CCCCCCCCCCCCCCCC1(C(=O)O)CC1. The van der Waals surface area contributed by atoms with Crippen LogP contribution in [0.15, 0.2) is 0 Å². The number of carboxylic acids is 1. The van der Waals surface area contributed by atoms with Gasteiger partial charge in [-0.25, -0.2) is 0 Å². The predicted molar refractivity (Wildman–Crippen MR) is 89.6 cm³/mol. The summed E-state index contributed by atoms with van der Waals surface area (Å²) in [5.74, 6) is -0.554. The monoisotopic (exact) mass is 296 g/mol. The normalized spacial score (nSPS) is 16.0. The molecule has 1 rings (SSSR count). The van der Waals surface area contributed by atoms with Crippen LogP contribution in [0.2, 0.25) is 0 Å². The highest BCUT2D eigenvalue weighted by Crippen LogP contribution is 2.50. The molecule has 1 fully saturated rings. The van der Waals surface area contributed by atoms with Crippen molar-refractivity contribution in [3.63, 3.8) is 0 Å². The maximum atomic E-state index is 11.0. The van der Waals surface area contributed by atoms with Gasteiger partial charge in [-0.1, -0.05) is 90.4 Å². The number of unbranched alkanes of at least 4 members (excludes halogenated alkanes) is 12. The topological polar surface area (TPSA) is 37.3 Å². The van der Waals surface area contributed by atoms with E-state index < -0.39 is 5.97 Å². The Hall–Kier alpha value is -0.530. The Balaban J connectivity index is 1.74. The molecule has 0 saturated heterocycles. The van der Waals surface area contributed by atoms with Gasteiger partial charge in [0.25, 0.3) is 0 Å². The number of hydrogen-bond acceptors (Lipinski definition) is 1. The van der Waals surface area contributed by atoms with Crippen molar-refractivity contribution in [2.45, 2.75) is 110 Å². The standard InChI is InChI=1S/C19H36O2/c1-2-3-4-5-6-7-8-9-10-11-12-13-14-15-19(16-17-19)18(20)21/h2-17H2,1H3,(H,20,21). The molecule has 0 aromatic rings. The largest absolute Gasteiger partial charge is 0.481 e. The summed E-state index contributed by atoms with van der Waals surface area (Å²) in [5.41, 5.74) is -0.294. The first-order valence-electron chi connectivity index (χ1n) is 9.45. The molecule has 0 aliphatic heterocycles. The van der Waals surface area contributed by atoms with Crippen molar-refractivity contribution in [2.75, 3.05) is 0 Å². The van der Waals surface area contributed by atoms with Crippen molar-refractivity contribution in [1.82, 2.24) is 0 Å². The van der Waals surface area contributed by atoms with Gasteiger partial charge in [0.05, 0.1) is 5.41 Å². The number of carboxylic acid groups (broad SMARTS) is 1. The third kappa shape index (κ3) is 8.48. The zero-order valence-electron chi connectivity index (χ0n) is 14.2. The second-order valence-electron chi connectivity index (χ2n) is 7.08. The molecule has 0 atom stereocenters. The van der Waals surface area contributed by atoms with Crippen LogP contribution in [0.4, 0.5) is 0 Å². The third-order valence-electron chi connectivity index (χ3n) is 5.07. The summed E-state index contributed by atoms with van der Waals surface area (Å²) in [5, 5.41) is 9.09. The van der Waals surface area contributed by atoms with Crippen LogP contribution in [-0.2, 0) is 4.79 Å².